The summed E-state index contributed by atoms with van der Waals surface area (Å²) in [4.78, 5) is 7.36. The van der Waals surface area contributed by atoms with Crippen molar-refractivity contribution in [2.45, 2.75) is 39.8 Å². The molecule has 1 saturated heterocycles. The number of anilines is 1. The van der Waals surface area contributed by atoms with Crippen LogP contribution in [0, 0.1) is 11.8 Å². The van der Waals surface area contributed by atoms with Gasteiger partial charge in [-0.15, -0.1) is 0 Å². The number of nitrogens with zero attached hydrogens (tertiary/aromatic N) is 2. The van der Waals surface area contributed by atoms with Crippen LogP contribution in [0.25, 0.3) is 10.9 Å². The van der Waals surface area contributed by atoms with E-state index < -0.39 is 0 Å². The summed E-state index contributed by atoms with van der Waals surface area (Å²) < 4.78 is 0. The summed E-state index contributed by atoms with van der Waals surface area (Å²) in [5, 5.41) is 1.18. The molecule has 0 spiro atoms. The van der Waals surface area contributed by atoms with Crippen LogP contribution in [0.4, 0.5) is 5.82 Å². The van der Waals surface area contributed by atoms with Crippen LogP contribution < -0.4 is 10.6 Å². The van der Waals surface area contributed by atoms with Crippen LogP contribution in [0.5, 0.6) is 0 Å². The van der Waals surface area contributed by atoms with Crippen LogP contribution in [0.15, 0.2) is 30.3 Å². The van der Waals surface area contributed by atoms with Gasteiger partial charge < -0.3 is 10.6 Å². The third-order valence-electron chi connectivity index (χ3n) is 4.90. The molecule has 2 aromatic rings. The average Bonchev–Trinajstić information content (AvgIpc) is 2.49. The average molecular weight is 283 g/mol. The van der Waals surface area contributed by atoms with Crippen molar-refractivity contribution >= 4 is 16.7 Å². The summed E-state index contributed by atoms with van der Waals surface area (Å²) >= 11 is 0. The Morgan fingerprint density at radius 3 is 2.76 bits per heavy atom. The van der Waals surface area contributed by atoms with Gasteiger partial charge in [0, 0.05) is 24.5 Å². The maximum atomic E-state index is 5.96. The number of hydrogen-bond donors (Lipinski definition) is 1. The van der Waals surface area contributed by atoms with Crippen LogP contribution in [-0.4, -0.2) is 17.6 Å². The summed E-state index contributed by atoms with van der Waals surface area (Å²) in [5.74, 6) is 2.49. The first kappa shape index (κ1) is 14.3. The van der Waals surface area contributed by atoms with Crippen molar-refractivity contribution in [1.29, 1.82) is 0 Å². The molecule has 1 fully saturated rings. The van der Waals surface area contributed by atoms with Crippen LogP contribution in [0.2, 0.25) is 0 Å². The van der Waals surface area contributed by atoms with Gasteiger partial charge in [0.15, 0.2) is 0 Å². The Balaban J connectivity index is 2.07. The molecule has 3 atom stereocenters. The molecule has 1 aromatic carbocycles. The number of hydrogen-bond acceptors (Lipinski definition) is 3. The number of aromatic nitrogens is 1. The lowest BCUT2D eigenvalue weighted by atomic mass is 9.86. The van der Waals surface area contributed by atoms with E-state index in [1.165, 1.54) is 17.4 Å². The quantitative estimate of drug-likeness (QED) is 0.916. The van der Waals surface area contributed by atoms with Crippen LogP contribution in [0.1, 0.15) is 32.8 Å². The number of rotatable bonds is 2. The van der Waals surface area contributed by atoms with Crippen molar-refractivity contribution in [2.24, 2.45) is 17.6 Å². The predicted octanol–water partition coefficient (Wildman–Crippen LogP) is 3.56. The van der Waals surface area contributed by atoms with Gasteiger partial charge in [0.05, 0.1) is 5.52 Å². The molecule has 3 rings (SSSR count). The predicted molar refractivity (Wildman–Crippen MR) is 89.4 cm³/mol. The minimum absolute atomic E-state index is 0.528. The van der Waals surface area contributed by atoms with Crippen molar-refractivity contribution in [2.75, 3.05) is 11.4 Å². The fourth-order valence-electron chi connectivity index (χ4n) is 3.57. The second kappa shape index (κ2) is 5.64. The first-order valence-electron chi connectivity index (χ1n) is 7.95. The van der Waals surface area contributed by atoms with E-state index in [1.54, 1.807) is 0 Å². The Morgan fingerprint density at radius 1 is 1.24 bits per heavy atom. The highest BCUT2D eigenvalue weighted by Crippen LogP contribution is 2.32. The van der Waals surface area contributed by atoms with E-state index in [-0.39, 0.29) is 0 Å². The molecule has 2 heterocycles. The highest BCUT2D eigenvalue weighted by atomic mass is 15.2. The van der Waals surface area contributed by atoms with E-state index in [1.807, 2.05) is 6.07 Å². The number of para-hydroxylation sites is 1. The number of pyridine rings is 1. The summed E-state index contributed by atoms with van der Waals surface area (Å²) in [6.07, 6.45) is 1.30. The highest BCUT2D eigenvalue weighted by Gasteiger charge is 2.29. The summed E-state index contributed by atoms with van der Waals surface area (Å²) in [6, 6.07) is 11.0. The molecule has 21 heavy (non-hydrogen) atoms. The van der Waals surface area contributed by atoms with Gasteiger partial charge in [0.2, 0.25) is 0 Å². The van der Waals surface area contributed by atoms with Gasteiger partial charge in [-0.05, 0) is 42.9 Å². The van der Waals surface area contributed by atoms with Gasteiger partial charge in [0.25, 0.3) is 0 Å². The van der Waals surface area contributed by atoms with E-state index in [4.69, 9.17) is 10.7 Å². The molecule has 0 aliphatic carbocycles. The molecule has 3 heteroatoms. The molecule has 112 valence electrons. The topological polar surface area (TPSA) is 42.1 Å². The fourth-order valence-corrected chi connectivity index (χ4v) is 3.57. The Morgan fingerprint density at radius 2 is 2.00 bits per heavy atom. The summed E-state index contributed by atoms with van der Waals surface area (Å²) in [6.45, 7) is 8.64. The van der Waals surface area contributed by atoms with Crippen LogP contribution >= 0.6 is 0 Å². The molecule has 0 radical (unpaired) electrons. The van der Waals surface area contributed by atoms with Crippen LogP contribution in [0.3, 0.4) is 0 Å². The lowest BCUT2D eigenvalue weighted by molar-refractivity contribution is 0.295. The molecule has 1 aliphatic heterocycles. The Kier molecular flexibility index (Phi) is 3.85. The van der Waals surface area contributed by atoms with Crippen molar-refractivity contribution in [1.82, 2.24) is 4.98 Å². The Labute approximate surface area is 127 Å². The lowest BCUT2D eigenvalue weighted by Crippen LogP contribution is -2.46. The fraction of sp³-hybridized carbons (Fsp3) is 0.500. The minimum Gasteiger partial charge on any atom is -0.353 e. The lowest BCUT2D eigenvalue weighted by Gasteiger charge is -2.42. The first-order valence-corrected chi connectivity index (χ1v) is 7.95. The first-order chi connectivity index (χ1) is 10.1. The third kappa shape index (κ3) is 2.62. The molecule has 0 bridgehead atoms. The Bertz CT molecular complexity index is 637. The zero-order valence-corrected chi connectivity index (χ0v) is 13.2. The van der Waals surface area contributed by atoms with Crippen LogP contribution in [-0.2, 0) is 6.54 Å². The molecule has 1 aliphatic rings. The molecule has 0 amide bonds. The Hall–Kier alpha value is -1.61. The maximum Gasteiger partial charge on any atom is 0.129 e. The monoisotopic (exact) mass is 283 g/mol. The zero-order chi connectivity index (χ0) is 15.0. The highest BCUT2D eigenvalue weighted by molar-refractivity contribution is 5.84. The second-order valence-electron chi connectivity index (χ2n) is 6.57. The molecular formula is C18H25N3. The molecular weight excluding hydrogens is 258 g/mol. The van der Waals surface area contributed by atoms with E-state index in [2.05, 4.69) is 49.9 Å². The number of fused-ring (bicyclic) bond motifs is 1. The van der Waals surface area contributed by atoms with Gasteiger partial charge in [-0.25, -0.2) is 4.98 Å². The second-order valence-corrected chi connectivity index (χ2v) is 6.57. The number of nitrogens with two attached hydrogens (primary N) is 1. The van der Waals surface area contributed by atoms with Gasteiger partial charge in [-0.2, -0.15) is 0 Å². The molecule has 3 unspecified atom stereocenters. The largest absolute Gasteiger partial charge is 0.353 e. The van der Waals surface area contributed by atoms with Crippen molar-refractivity contribution in [3.8, 4) is 0 Å². The number of piperidine rings is 1. The SMILES string of the molecule is CC1CC(C)C(C)N(c2cc(CN)c3ccccc3n2)C1. The van der Waals surface area contributed by atoms with E-state index in [0.29, 0.717) is 24.4 Å². The van der Waals surface area contributed by atoms with Gasteiger partial charge in [0.1, 0.15) is 5.82 Å². The van der Waals surface area contributed by atoms with Crippen molar-refractivity contribution in [3.05, 3.63) is 35.9 Å². The van der Waals surface area contributed by atoms with Crippen molar-refractivity contribution in [3.63, 3.8) is 0 Å². The number of benzene rings is 1. The third-order valence-corrected chi connectivity index (χ3v) is 4.90. The van der Waals surface area contributed by atoms with Crippen molar-refractivity contribution < 1.29 is 0 Å². The molecule has 3 nitrogen and oxygen atoms in total. The summed E-state index contributed by atoms with van der Waals surface area (Å²) in [7, 11) is 0. The standard InChI is InChI=1S/C18H25N3/c1-12-8-13(2)14(3)21(11-12)18-9-15(10-19)16-6-4-5-7-17(16)20-18/h4-7,9,12-14H,8,10-11,19H2,1-3H3. The normalized spacial score (nSPS) is 26.3. The van der Waals surface area contributed by atoms with E-state index in [0.717, 1.165) is 17.9 Å². The van der Waals surface area contributed by atoms with Gasteiger partial charge >= 0.3 is 0 Å². The smallest absolute Gasteiger partial charge is 0.129 e. The molecule has 2 N–H and O–H groups in total. The van der Waals surface area contributed by atoms with E-state index >= 15 is 0 Å². The minimum atomic E-state index is 0.528. The maximum absolute atomic E-state index is 5.96. The zero-order valence-electron chi connectivity index (χ0n) is 13.2. The van der Waals surface area contributed by atoms with Gasteiger partial charge in [-0.3, -0.25) is 0 Å². The summed E-state index contributed by atoms with van der Waals surface area (Å²) in [5.41, 5.74) is 8.20. The van der Waals surface area contributed by atoms with E-state index in [9.17, 15) is 0 Å². The van der Waals surface area contributed by atoms with Gasteiger partial charge in [-0.1, -0.05) is 32.0 Å². The molecule has 1 aromatic heterocycles. The molecule has 0 saturated carbocycles.